The van der Waals surface area contributed by atoms with E-state index in [1.165, 1.54) is 0 Å². The Bertz CT molecular complexity index is 128. The summed E-state index contributed by atoms with van der Waals surface area (Å²) in [4.78, 5) is 15.4. The van der Waals surface area contributed by atoms with Crippen LogP contribution in [0.15, 0.2) is 0 Å². The molecule has 0 heterocycles. The summed E-state index contributed by atoms with van der Waals surface area (Å²) >= 11 is 0. The van der Waals surface area contributed by atoms with Gasteiger partial charge in [0.1, 0.15) is 0 Å². The Hall–Kier alpha value is 0.220. The van der Waals surface area contributed by atoms with Crippen LogP contribution >= 0.6 is 16.5 Å². The van der Waals surface area contributed by atoms with Gasteiger partial charge in [-0.05, 0) is 0 Å². The van der Waals surface area contributed by atoms with Gasteiger partial charge in [-0.3, -0.25) is 9.13 Å². The van der Waals surface area contributed by atoms with Crippen molar-refractivity contribution in [1.29, 1.82) is 0 Å². The lowest BCUT2D eigenvalue weighted by atomic mass is 10.7. The first-order chi connectivity index (χ1) is 5.54. The molecule has 8 nitrogen and oxygen atoms in total. The smallest absolute Gasteiger partial charge is 0.323 e. The molecule has 0 aromatic carbocycles. The van der Waals surface area contributed by atoms with Gasteiger partial charge in [0.05, 0.1) is 0 Å². The molecule has 0 aliphatic heterocycles. The number of hydrogen-bond acceptors (Lipinski definition) is 6. The molecule has 12 heavy (non-hydrogen) atoms. The number of hydrogen-bond donors (Lipinski definition) is 5. The summed E-state index contributed by atoms with van der Waals surface area (Å²) in [5.74, 6) is 0. The van der Waals surface area contributed by atoms with Crippen LogP contribution in [-0.2, 0) is 13.4 Å². The zero-order valence-electron chi connectivity index (χ0n) is 6.06. The van der Waals surface area contributed by atoms with Crippen molar-refractivity contribution >= 4 is 16.5 Å². The van der Waals surface area contributed by atoms with Crippen molar-refractivity contribution in [2.45, 2.75) is 0 Å². The molecule has 6 N–H and O–H groups in total. The van der Waals surface area contributed by atoms with E-state index >= 15 is 0 Å². The highest BCUT2D eigenvalue weighted by Crippen LogP contribution is 2.30. The average Bonchev–Trinajstić information content (AvgIpc) is 1.87. The second kappa shape index (κ2) is 11.2. The third-order valence-electron chi connectivity index (χ3n) is 0.431. The first-order valence-electron chi connectivity index (χ1n) is 2.75. The molecule has 76 valence electrons. The highest BCUT2D eigenvalue weighted by Gasteiger charge is 1.93. The SMILES string of the molecule is NCCNO.O=[PH](O)O[PH](=O)O. The van der Waals surface area contributed by atoms with Gasteiger partial charge >= 0.3 is 16.5 Å². The average molecular weight is 222 g/mol. The molecule has 0 saturated heterocycles. The van der Waals surface area contributed by atoms with E-state index in [4.69, 9.17) is 20.7 Å². The van der Waals surface area contributed by atoms with Crippen LogP contribution in [0.5, 0.6) is 0 Å². The number of nitrogens with two attached hydrogens (primary N) is 1. The zero-order valence-corrected chi connectivity index (χ0v) is 8.06. The summed E-state index contributed by atoms with van der Waals surface area (Å²) in [6, 6.07) is 0. The molecular formula is C2H12N2O6P2. The van der Waals surface area contributed by atoms with Crippen LogP contribution in [0.3, 0.4) is 0 Å². The fraction of sp³-hybridized carbons (Fsp3) is 1.00. The van der Waals surface area contributed by atoms with Crippen molar-refractivity contribution in [2.75, 3.05) is 13.1 Å². The van der Waals surface area contributed by atoms with E-state index in [1.807, 2.05) is 5.48 Å². The summed E-state index contributed by atoms with van der Waals surface area (Å²) in [5.41, 5.74) is 6.81. The summed E-state index contributed by atoms with van der Waals surface area (Å²) in [6.07, 6.45) is 0. The van der Waals surface area contributed by atoms with Crippen molar-refractivity contribution in [3.05, 3.63) is 0 Å². The Morgan fingerprint density at radius 1 is 1.33 bits per heavy atom. The number of rotatable bonds is 4. The van der Waals surface area contributed by atoms with Crippen molar-refractivity contribution in [1.82, 2.24) is 5.48 Å². The van der Waals surface area contributed by atoms with E-state index in [0.29, 0.717) is 13.1 Å². The molecular weight excluding hydrogens is 210 g/mol. The maximum Gasteiger partial charge on any atom is 0.323 e. The molecule has 0 bridgehead atoms. The van der Waals surface area contributed by atoms with Gasteiger partial charge in [-0.2, -0.15) is 0 Å². The maximum absolute atomic E-state index is 9.44. The van der Waals surface area contributed by atoms with Gasteiger partial charge < -0.3 is 20.7 Å². The minimum absolute atomic E-state index is 0.472. The molecule has 0 saturated carbocycles. The summed E-state index contributed by atoms with van der Waals surface area (Å²) in [7, 11) is -6.40. The van der Waals surface area contributed by atoms with Gasteiger partial charge in [0.15, 0.2) is 0 Å². The molecule has 0 amide bonds. The van der Waals surface area contributed by atoms with Crippen LogP contribution in [0.25, 0.3) is 0 Å². The van der Waals surface area contributed by atoms with E-state index in [0.717, 1.165) is 0 Å². The minimum atomic E-state index is -3.20. The van der Waals surface area contributed by atoms with Crippen LogP contribution in [0.1, 0.15) is 0 Å². The molecule has 0 spiro atoms. The Labute approximate surface area is 70.2 Å². The van der Waals surface area contributed by atoms with Crippen molar-refractivity contribution in [2.24, 2.45) is 5.73 Å². The molecule has 0 aliphatic carbocycles. The fourth-order valence-electron chi connectivity index (χ4n) is 0.139. The van der Waals surface area contributed by atoms with Gasteiger partial charge in [-0.1, -0.05) is 0 Å². The lowest BCUT2D eigenvalue weighted by Gasteiger charge is -1.86. The van der Waals surface area contributed by atoms with E-state index < -0.39 is 16.5 Å². The Kier molecular flexibility index (Phi) is 13.8. The second-order valence-corrected chi connectivity index (χ2v) is 3.21. The van der Waals surface area contributed by atoms with Crippen molar-refractivity contribution < 1.29 is 28.4 Å². The third-order valence-corrected chi connectivity index (χ3v) is 1.83. The van der Waals surface area contributed by atoms with Gasteiger partial charge in [0, 0.05) is 13.1 Å². The van der Waals surface area contributed by atoms with E-state index in [-0.39, 0.29) is 0 Å². The van der Waals surface area contributed by atoms with Crippen LogP contribution in [0, 0.1) is 0 Å². The first-order valence-corrected chi connectivity index (χ1v) is 5.28. The summed E-state index contributed by atoms with van der Waals surface area (Å²) in [6.45, 7) is 0.955. The lowest BCUT2D eigenvalue weighted by Crippen LogP contribution is -2.17. The molecule has 10 heteroatoms. The van der Waals surface area contributed by atoms with Gasteiger partial charge in [0.25, 0.3) is 0 Å². The van der Waals surface area contributed by atoms with E-state index in [9.17, 15) is 9.13 Å². The predicted molar refractivity (Wildman–Crippen MR) is 42.4 cm³/mol. The minimum Gasteiger partial charge on any atom is -0.329 e. The van der Waals surface area contributed by atoms with Crippen LogP contribution in [0.4, 0.5) is 0 Å². The molecule has 2 atom stereocenters. The molecule has 0 aromatic rings. The van der Waals surface area contributed by atoms with Crippen molar-refractivity contribution in [3.63, 3.8) is 0 Å². The quantitative estimate of drug-likeness (QED) is 0.291. The Balaban J connectivity index is 0. The topological polar surface area (TPSA) is 142 Å². The van der Waals surface area contributed by atoms with Crippen LogP contribution in [-0.4, -0.2) is 28.1 Å². The molecule has 0 aromatic heterocycles. The number of nitrogens with one attached hydrogen (secondary N) is 1. The first kappa shape index (κ1) is 14.7. The maximum atomic E-state index is 9.44. The van der Waals surface area contributed by atoms with Gasteiger partial charge in [0.2, 0.25) is 0 Å². The van der Waals surface area contributed by atoms with E-state index in [1.54, 1.807) is 0 Å². The zero-order chi connectivity index (χ0) is 9.98. The third kappa shape index (κ3) is 22.5. The van der Waals surface area contributed by atoms with Gasteiger partial charge in [-0.25, -0.2) is 9.79 Å². The standard InChI is InChI=1S/C2H8N2O.H4O5P2/c3-1-2-4-5;1-6(2)5-7(3)4/h4-5H,1-3H2;6-7H,(H,1,2)(H,3,4). The highest BCUT2D eigenvalue weighted by molar-refractivity contribution is 7.46. The normalized spacial score (nSPS) is 14.3. The largest absolute Gasteiger partial charge is 0.329 e. The van der Waals surface area contributed by atoms with Crippen LogP contribution < -0.4 is 11.2 Å². The fourth-order valence-corrected chi connectivity index (χ4v) is 0.737. The predicted octanol–water partition coefficient (Wildman–Crippen LogP) is -1.31. The number of hydroxylamine groups is 1. The van der Waals surface area contributed by atoms with Gasteiger partial charge in [-0.15, -0.1) is 0 Å². The molecule has 0 aliphatic rings. The monoisotopic (exact) mass is 222 g/mol. The molecule has 0 radical (unpaired) electrons. The highest BCUT2D eigenvalue weighted by atomic mass is 31.2. The second-order valence-electron chi connectivity index (χ2n) is 1.33. The Morgan fingerprint density at radius 3 is 1.75 bits per heavy atom. The van der Waals surface area contributed by atoms with Crippen LogP contribution in [0.2, 0.25) is 0 Å². The molecule has 2 unspecified atom stereocenters. The van der Waals surface area contributed by atoms with Crippen molar-refractivity contribution in [3.8, 4) is 0 Å². The summed E-state index contributed by atoms with van der Waals surface area (Å²) < 4.78 is 22.3. The lowest BCUT2D eigenvalue weighted by molar-refractivity contribution is 0.170. The van der Waals surface area contributed by atoms with E-state index in [2.05, 4.69) is 4.31 Å². The molecule has 0 fully saturated rings. The molecule has 0 rings (SSSR count). The Morgan fingerprint density at radius 2 is 1.75 bits per heavy atom. The summed E-state index contributed by atoms with van der Waals surface area (Å²) in [5, 5.41) is 7.74.